The van der Waals surface area contributed by atoms with E-state index in [0.717, 1.165) is 15.7 Å². The highest BCUT2D eigenvalue weighted by Crippen LogP contribution is 2.32. The van der Waals surface area contributed by atoms with Gasteiger partial charge in [0.1, 0.15) is 15.8 Å². The van der Waals surface area contributed by atoms with Crippen molar-refractivity contribution in [1.29, 1.82) is 0 Å². The second kappa shape index (κ2) is 7.33. The lowest BCUT2D eigenvalue weighted by Gasteiger charge is -2.10. The maximum Gasteiger partial charge on any atom is 0.335 e. The fourth-order valence-corrected chi connectivity index (χ4v) is 3.50. The monoisotopic (exact) mass is 359 g/mol. The molecule has 0 unspecified atom stereocenters. The van der Waals surface area contributed by atoms with E-state index in [9.17, 15) is 4.79 Å². The van der Waals surface area contributed by atoms with Crippen molar-refractivity contribution in [3.63, 3.8) is 0 Å². The zero-order valence-corrected chi connectivity index (χ0v) is 14.2. The highest BCUT2D eigenvalue weighted by molar-refractivity contribution is 8.00. The van der Waals surface area contributed by atoms with Gasteiger partial charge in [-0.25, -0.2) is 9.78 Å². The Bertz CT molecular complexity index is 853. The summed E-state index contributed by atoms with van der Waals surface area (Å²) in [5.41, 5.74) is 1.69. The van der Waals surface area contributed by atoms with Crippen molar-refractivity contribution >= 4 is 34.9 Å². The number of carbonyl (C=O) groups is 1. The van der Waals surface area contributed by atoms with E-state index in [2.05, 4.69) is 14.7 Å². The number of nitrogens with zero attached hydrogens (tertiary/aromatic N) is 2. The number of carboxylic acid groups (broad SMARTS) is 1. The summed E-state index contributed by atoms with van der Waals surface area (Å²) >= 11 is 2.84. The second-order valence-corrected chi connectivity index (χ2v) is 6.31. The van der Waals surface area contributed by atoms with Crippen molar-refractivity contribution in [3.05, 3.63) is 53.5 Å². The van der Waals surface area contributed by atoms with Gasteiger partial charge in [-0.05, 0) is 30.3 Å². The molecule has 2 heterocycles. The molecule has 0 saturated carbocycles. The van der Waals surface area contributed by atoms with Crippen LogP contribution in [0.4, 0.5) is 5.69 Å². The average Bonchev–Trinajstić information content (AvgIpc) is 3.09. The first kappa shape index (κ1) is 16.3. The smallest absolute Gasteiger partial charge is 0.335 e. The molecule has 0 spiro atoms. The molecule has 0 atom stereocenters. The van der Waals surface area contributed by atoms with Crippen LogP contribution in [0.1, 0.15) is 10.4 Å². The zero-order valence-electron chi connectivity index (χ0n) is 12.6. The summed E-state index contributed by atoms with van der Waals surface area (Å²) in [5.74, 6) is -0.533. The summed E-state index contributed by atoms with van der Waals surface area (Å²) in [6.07, 6.45) is 1.73. The molecule has 1 aromatic carbocycles. The highest BCUT2D eigenvalue weighted by atomic mass is 32.2. The number of pyridine rings is 1. The number of ether oxygens (including phenoxy) is 1. The number of hydrogen-bond donors (Lipinski definition) is 2. The van der Waals surface area contributed by atoms with Gasteiger partial charge in [0.25, 0.3) is 0 Å². The van der Waals surface area contributed by atoms with Gasteiger partial charge in [0.05, 0.1) is 24.1 Å². The highest BCUT2D eigenvalue weighted by Gasteiger charge is 2.11. The molecule has 0 radical (unpaired) electrons. The van der Waals surface area contributed by atoms with Gasteiger partial charge in [-0.2, -0.15) is 0 Å². The minimum absolute atomic E-state index is 0.175. The van der Waals surface area contributed by atoms with Gasteiger partial charge in [-0.1, -0.05) is 6.07 Å². The van der Waals surface area contributed by atoms with Crippen LogP contribution in [0.25, 0.3) is 10.7 Å². The van der Waals surface area contributed by atoms with E-state index < -0.39 is 5.97 Å². The number of benzene rings is 1. The van der Waals surface area contributed by atoms with Crippen molar-refractivity contribution in [2.45, 2.75) is 5.03 Å². The van der Waals surface area contributed by atoms with E-state index in [1.165, 1.54) is 42.5 Å². The van der Waals surface area contributed by atoms with Gasteiger partial charge >= 0.3 is 5.97 Å². The number of nitrogens with one attached hydrogen (secondary N) is 1. The predicted molar refractivity (Wildman–Crippen MR) is 94.8 cm³/mol. The van der Waals surface area contributed by atoms with Crippen molar-refractivity contribution in [2.24, 2.45) is 0 Å². The molecule has 0 amide bonds. The minimum Gasteiger partial charge on any atom is -0.495 e. The van der Waals surface area contributed by atoms with Crippen LogP contribution < -0.4 is 9.46 Å². The Hall–Kier alpha value is -2.58. The summed E-state index contributed by atoms with van der Waals surface area (Å²) in [4.78, 5) is 19.8. The third kappa shape index (κ3) is 3.66. The van der Waals surface area contributed by atoms with E-state index in [1.54, 1.807) is 12.3 Å². The first-order chi connectivity index (χ1) is 11.7. The Morgan fingerprint density at radius 3 is 2.92 bits per heavy atom. The van der Waals surface area contributed by atoms with Crippen molar-refractivity contribution in [3.8, 4) is 16.5 Å². The topological polar surface area (TPSA) is 84.3 Å². The lowest BCUT2D eigenvalue weighted by molar-refractivity contribution is 0.0696. The van der Waals surface area contributed by atoms with Gasteiger partial charge in [0.15, 0.2) is 0 Å². The molecule has 0 bridgehead atoms. The van der Waals surface area contributed by atoms with Crippen LogP contribution in [0.15, 0.2) is 53.0 Å². The molecule has 0 fully saturated rings. The van der Waals surface area contributed by atoms with Crippen molar-refractivity contribution in [2.75, 3.05) is 11.8 Å². The SMILES string of the molecule is COc1cc(C(=O)O)ccc1NSc1csc(-c2ccccn2)n1. The third-order valence-corrected chi connectivity index (χ3v) is 4.84. The van der Waals surface area contributed by atoms with Crippen LogP contribution >= 0.6 is 23.3 Å². The third-order valence-electron chi connectivity index (χ3n) is 3.08. The Labute approximate surface area is 146 Å². The van der Waals surface area contributed by atoms with Crippen LogP contribution in [0.3, 0.4) is 0 Å². The summed E-state index contributed by atoms with van der Waals surface area (Å²) in [6.45, 7) is 0. The number of thiazole rings is 1. The molecular weight excluding hydrogens is 346 g/mol. The first-order valence-electron chi connectivity index (χ1n) is 6.88. The molecule has 2 aromatic heterocycles. The predicted octanol–water partition coefficient (Wildman–Crippen LogP) is 4.03. The van der Waals surface area contributed by atoms with Crippen LogP contribution in [0.5, 0.6) is 5.75 Å². The van der Waals surface area contributed by atoms with Crippen LogP contribution in [-0.2, 0) is 0 Å². The Morgan fingerprint density at radius 1 is 1.33 bits per heavy atom. The van der Waals surface area contributed by atoms with E-state index in [1.807, 2.05) is 23.6 Å². The Balaban J connectivity index is 1.72. The van der Waals surface area contributed by atoms with Crippen LogP contribution in [0, 0.1) is 0 Å². The Morgan fingerprint density at radius 2 is 2.21 bits per heavy atom. The van der Waals surface area contributed by atoms with Gasteiger partial charge in [0.2, 0.25) is 0 Å². The molecule has 0 aliphatic rings. The van der Waals surface area contributed by atoms with Crippen molar-refractivity contribution < 1.29 is 14.6 Å². The number of aromatic nitrogens is 2. The van der Waals surface area contributed by atoms with Crippen LogP contribution in [0.2, 0.25) is 0 Å². The summed E-state index contributed by atoms with van der Waals surface area (Å²) in [6, 6.07) is 10.4. The van der Waals surface area contributed by atoms with Gasteiger partial charge in [-0.3, -0.25) is 4.98 Å². The van der Waals surface area contributed by atoms with Gasteiger partial charge in [0, 0.05) is 23.5 Å². The average molecular weight is 359 g/mol. The lowest BCUT2D eigenvalue weighted by atomic mass is 10.2. The number of carboxylic acids is 1. The maximum atomic E-state index is 11.0. The molecule has 3 aromatic rings. The molecule has 122 valence electrons. The standard InChI is InChI=1S/C16H13N3O3S2/c1-22-13-8-10(16(20)21)5-6-11(13)19-24-14-9-23-15(18-14)12-4-2-3-7-17-12/h2-9,19H,1H3,(H,20,21). The number of aromatic carboxylic acids is 1. The maximum absolute atomic E-state index is 11.0. The Kier molecular flexibility index (Phi) is 4.97. The van der Waals surface area contributed by atoms with Crippen LogP contribution in [-0.4, -0.2) is 28.2 Å². The molecule has 0 aliphatic heterocycles. The summed E-state index contributed by atoms with van der Waals surface area (Å²) in [5, 5.41) is 12.6. The molecule has 0 aliphatic carbocycles. The van der Waals surface area contributed by atoms with E-state index in [-0.39, 0.29) is 5.56 Å². The zero-order chi connectivity index (χ0) is 16.9. The fourth-order valence-electron chi connectivity index (χ4n) is 1.93. The first-order valence-corrected chi connectivity index (χ1v) is 8.58. The lowest BCUT2D eigenvalue weighted by Crippen LogP contribution is -1.99. The number of rotatable bonds is 6. The van der Waals surface area contributed by atoms with Crippen molar-refractivity contribution in [1.82, 2.24) is 9.97 Å². The molecule has 3 rings (SSSR count). The number of anilines is 1. The molecule has 2 N–H and O–H groups in total. The summed E-state index contributed by atoms with van der Waals surface area (Å²) in [7, 11) is 1.50. The molecule has 24 heavy (non-hydrogen) atoms. The van der Waals surface area contributed by atoms with Gasteiger partial charge < -0.3 is 14.6 Å². The van der Waals surface area contributed by atoms with Gasteiger partial charge in [-0.15, -0.1) is 11.3 Å². The molecule has 8 heteroatoms. The second-order valence-electron chi connectivity index (χ2n) is 4.63. The number of hydrogen-bond acceptors (Lipinski definition) is 7. The fraction of sp³-hybridized carbons (Fsp3) is 0.0625. The molecular formula is C16H13N3O3S2. The number of methoxy groups -OCH3 is 1. The largest absolute Gasteiger partial charge is 0.495 e. The quantitative estimate of drug-likeness (QED) is 0.643. The van der Waals surface area contributed by atoms with E-state index in [0.29, 0.717) is 11.4 Å². The van der Waals surface area contributed by atoms with E-state index >= 15 is 0 Å². The van der Waals surface area contributed by atoms with E-state index in [4.69, 9.17) is 9.84 Å². The molecule has 0 saturated heterocycles. The summed E-state index contributed by atoms with van der Waals surface area (Å²) < 4.78 is 8.37. The normalized spacial score (nSPS) is 10.4. The minimum atomic E-state index is -0.994. The molecule has 6 nitrogen and oxygen atoms in total.